The fourth-order valence-electron chi connectivity index (χ4n) is 3.77. The number of likely N-dealkylation sites (tertiary alicyclic amines) is 1. The summed E-state index contributed by atoms with van der Waals surface area (Å²) in [5.41, 5.74) is 3.87. The van der Waals surface area contributed by atoms with Gasteiger partial charge in [-0.1, -0.05) is 18.1 Å². The molecule has 0 aliphatic carbocycles. The lowest BCUT2D eigenvalue weighted by Gasteiger charge is -2.20. The van der Waals surface area contributed by atoms with E-state index in [1.807, 2.05) is 50.5 Å². The first kappa shape index (κ1) is 21.1. The first-order chi connectivity index (χ1) is 15.0. The molecule has 1 amide bonds. The molecule has 7 nitrogen and oxygen atoms in total. The number of aromatic nitrogens is 2. The second kappa shape index (κ2) is 9.31. The summed E-state index contributed by atoms with van der Waals surface area (Å²) in [4.78, 5) is 20.7. The fraction of sp³-hybridized carbons (Fsp3) is 0.375. The number of rotatable bonds is 8. The highest BCUT2D eigenvalue weighted by Crippen LogP contribution is 2.29. The van der Waals surface area contributed by atoms with E-state index in [0.29, 0.717) is 19.5 Å². The van der Waals surface area contributed by atoms with Gasteiger partial charge in [0.25, 0.3) is 5.91 Å². The van der Waals surface area contributed by atoms with Crippen molar-refractivity contribution >= 4 is 5.91 Å². The number of nitrogens with zero attached hydrogens (tertiary/aromatic N) is 4. The summed E-state index contributed by atoms with van der Waals surface area (Å²) >= 11 is 0. The number of carbonyl (C=O) groups excluding carboxylic acids is 1. The second-order valence-corrected chi connectivity index (χ2v) is 8.00. The first-order valence-corrected chi connectivity index (χ1v) is 10.6. The van der Waals surface area contributed by atoms with Crippen LogP contribution in [0.2, 0.25) is 0 Å². The van der Waals surface area contributed by atoms with E-state index in [4.69, 9.17) is 9.26 Å². The standard InChI is InChI=1S/C24H28N4O3/c1-4-19-14-20(31-26-19)16-27(2)15-18-13-17(21-7-5-6-11-25-21)8-9-22(18)30-23-10-12-28(3)24(23)29/h5-9,11,13-14,23H,4,10,12,15-16H2,1-3H3. The van der Waals surface area contributed by atoms with Crippen molar-refractivity contribution < 1.29 is 14.1 Å². The Labute approximate surface area is 182 Å². The molecular formula is C24H28N4O3. The molecule has 1 aromatic carbocycles. The van der Waals surface area contributed by atoms with Crippen molar-refractivity contribution in [3.8, 4) is 17.0 Å². The number of hydrogen-bond acceptors (Lipinski definition) is 6. The van der Waals surface area contributed by atoms with Gasteiger partial charge in [0.15, 0.2) is 11.9 Å². The molecule has 1 unspecified atom stereocenters. The summed E-state index contributed by atoms with van der Waals surface area (Å²) in [7, 11) is 3.84. The van der Waals surface area contributed by atoms with Crippen LogP contribution in [-0.4, -0.2) is 52.6 Å². The van der Waals surface area contributed by atoms with E-state index in [2.05, 4.69) is 28.0 Å². The van der Waals surface area contributed by atoms with Crippen LogP contribution >= 0.6 is 0 Å². The van der Waals surface area contributed by atoms with Crippen molar-refractivity contribution in [3.63, 3.8) is 0 Å². The largest absolute Gasteiger partial charge is 0.480 e. The van der Waals surface area contributed by atoms with E-state index < -0.39 is 6.10 Å². The van der Waals surface area contributed by atoms with Crippen molar-refractivity contribution in [1.29, 1.82) is 0 Å². The first-order valence-electron chi connectivity index (χ1n) is 10.6. The third-order valence-electron chi connectivity index (χ3n) is 5.50. The SMILES string of the molecule is CCc1cc(CN(C)Cc2cc(-c3ccccn3)ccc2OC2CCN(C)C2=O)on1. The molecule has 4 rings (SSSR count). The maximum atomic E-state index is 12.4. The van der Waals surface area contributed by atoms with Gasteiger partial charge >= 0.3 is 0 Å². The number of carbonyl (C=O) groups is 1. The monoisotopic (exact) mass is 420 g/mol. The zero-order valence-electron chi connectivity index (χ0n) is 18.2. The van der Waals surface area contributed by atoms with E-state index in [1.54, 1.807) is 11.1 Å². The molecular weight excluding hydrogens is 392 g/mol. The molecule has 0 spiro atoms. The van der Waals surface area contributed by atoms with Crippen molar-refractivity contribution in [2.45, 2.75) is 39.0 Å². The summed E-state index contributed by atoms with van der Waals surface area (Å²) < 4.78 is 11.6. The number of amides is 1. The van der Waals surface area contributed by atoms with E-state index in [-0.39, 0.29) is 5.91 Å². The zero-order chi connectivity index (χ0) is 21.8. The molecule has 1 fully saturated rings. The Morgan fingerprint density at radius 1 is 1.23 bits per heavy atom. The van der Waals surface area contributed by atoms with Gasteiger partial charge in [0.05, 0.1) is 17.9 Å². The molecule has 1 aliphatic heterocycles. The van der Waals surface area contributed by atoms with Crippen LogP contribution in [0.4, 0.5) is 0 Å². The molecule has 0 saturated carbocycles. The van der Waals surface area contributed by atoms with Gasteiger partial charge in [-0.25, -0.2) is 0 Å². The minimum Gasteiger partial charge on any atom is -0.480 e. The topological polar surface area (TPSA) is 71.7 Å². The smallest absolute Gasteiger partial charge is 0.263 e. The van der Waals surface area contributed by atoms with Crippen LogP contribution in [0.3, 0.4) is 0 Å². The van der Waals surface area contributed by atoms with Crippen LogP contribution in [-0.2, 0) is 24.3 Å². The van der Waals surface area contributed by atoms with Crippen LogP contribution in [0.5, 0.6) is 5.75 Å². The van der Waals surface area contributed by atoms with Gasteiger partial charge in [-0.15, -0.1) is 0 Å². The van der Waals surface area contributed by atoms with Gasteiger partial charge in [-0.2, -0.15) is 0 Å². The number of aryl methyl sites for hydroxylation is 1. The lowest BCUT2D eigenvalue weighted by atomic mass is 10.1. The molecule has 7 heteroatoms. The van der Waals surface area contributed by atoms with Crippen LogP contribution in [0.25, 0.3) is 11.3 Å². The quantitative estimate of drug-likeness (QED) is 0.555. The summed E-state index contributed by atoms with van der Waals surface area (Å²) in [5, 5.41) is 4.07. The average Bonchev–Trinajstić information content (AvgIpc) is 3.36. The van der Waals surface area contributed by atoms with Crippen LogP contribution in [0.1, 0.15) is 30.4 Å². The normalized spacial score (nSPS) is 16.3. The third-order valence-corrected chi connectivity index (χ3v) is 5.50. The number of ether oxygens (including phenoxy) is 1. The summed E-state index contributed by atoms with van der Waals surface area (Å²) in [6.45, 7) is 4.04. The highest BCUT2D eigenvalue weighted by atomic mass is 16.5. The Kier molecular flexibility index (Phi) is 6.32. The Balaban J connectivity index is 1.57. The summed E-state index contributed by atoms with van der Waals surface area (Å²) in [6, 6.07) is 13.9. The number of likely N-dealkylation sites (N-methyl/N-ethyl adjacent to an activating group) is 1. The van der Waals surface area contributed by atoms with Crippen molar-refractivity contribution in [1.82, 2.24) is 19.9 Å². The summed E-state index contributed by atoms with van der Waals surface area (Å²) in [5.74, 6) is 1.59. The Morgan fingerprint density at radius 3 is 2.77 bits per heavy atom. The number of pyridine rings is 1. The molecule has 162 valence electrons. The van der Waals surface area contributed by atoms with E-state index >= 15 is 0 Å². The molecule has 2 aromatic heterocycles. The summed E-state index contributed by atoms with van der Waals surface area (Å²) in [6.07, 6.45) is 2.90. The molecule has 3 aromatic rings. The molecule has 1 atom stereocenters. The lowest BCUT2D eigenvalue weighted by molar-refractivity contribution is -0.132. The maximum Gasteiger partial charge on any atom is 0.263 e. The number of hydrogen-bond donors (Lipinski definition) is 0. The predicted molar refractivity (Wildman–Crippen MR) is 117 cm³/mol. The third kappa shape index (κ3) is 4.94. The lowest BCUT2D eigenvalue weighted by Crippen LogP contribution is -2.30. The van der Waals surface area contributed by atoms with E-state index in [1.165, 1.54) is 0 Å². The highest BCUT2D eigenvalue weighted by molar-refractivity contribution is 5.83. The van der Waals surface area contributed by atoms with Gasteiger partial charge < -0.3 is 14.2 Å². The molecule has 1 saturated heterocycles. The Hall–Kier alpha value is -3.19. The van der Waals surface area contributed by atoms with Crippen molar-refractivity contribution in [2.75, 3.05) is 20.6 Å². The molecule has 0 bridgehead atoms. The Bertz CT molecular complexity index is 1030. The van der Waals surface area contributed by atoms with Gasteiger partial charge in [0, 0.05) is 49.9 Å². The van der Waals surface area contributed by atoms with Gasteiger partial charge in [-0.05, 0) is 43.8 Å². The van der Waals surface area contributed by atoms with Gasteiger partial charge in [0.1, 0.15) is 5.75 Å². The molecule has 0 N–H and O–H groups in total. The average molecular weight is 421 g/mol. The van der Waals surface area contributed by atoms with E-state index in [9.17, 15) is 4.79 Å². The molecule has 31 heavy (non-hydrogen) atoms. The maximum absolute atomic E-state index is 12.4. The van der Waals surface area contributed by atoms with Gasteiger partial charge in [-0.3, -0.25) is 14.7 Å². The van der Waals surface area contributed by atoms with Crippen LogP contribution < -0.4 is 4.74 Å². The van der Waals surface area contributed by atoms with Crippen molar-refractivity contribution in [3.05, 3.63) is 65.7 Å². The minimum absolute atomic E-state index is 0.0295. The van der Waals surface area contributed by atoms with Gasteiger partial charge in [0.2, 0.25) is 0 Å². The van der Waals surface area contributed by atoms with E-state index in [0.717, 1.165) is 47.0 Å². The van der Waals surface area contributed by atoms with Crippen molar-refractivity contribution in [2.24, 2.45) is 0 Å². The highest BCUT2D eigenvalue weighted by Gasteiger charge is 2.31. The predicted octanol–water partition coefficient (Wildman–Crippen LogP) is 3.54. The zero-order valence-corrected chi connectivity index (χ0v) is 18.2. The molecule has 0 radical (unpaired) electrons. The minimum atomic E-state index is -0.434. The number of benzene rings is 1. The molecule has 3 heterocycles. The van der Waals surface area contributed by atoms with Crippen LogP contribution in [0.15, 0.2) is 53.2 Å². The fourth-order valence-corrected chi connectivity index (χ4v) is 3.77. The second-order valence-electron chi connectivity index (χ2n) is 8.00. The molecule has 1 aliphatic rings. The Morgan fingerprint density at radius 2 is 2.10 bits per heavy atom. The van der Waals surface area contributed by atoms with Crippen LogP contribution in [0, 0.1) is 0 Å².